The van der Waals surface area contributed by atoms with Gasteiger partial charge in [-0.2, -0.15) is 0 Å². The number of fused-ring (bicyclic) bond motifs is 5. The average Bonchev–Trinajstić information content (AvgIpc) is 3.21. The summed E-state index contributed by atoms with van der Waals surface area (Å²) in [6.45, 7) is 14.5. The van der Waals surface area contributed by atoms with Gasteiger partial charge in [-0.1, -0.05) is 77.7 Å². The van der Waals surface area contributed by atoms with Crippen LogP contribution in [0.4, 0.5) is 4.79 Å². The third kappa shape index (κ3) is 5.33. The van der Waals surface area contributed by atoms with Gasteiger partial charge in [0.15, 0.2) is 0 Å². The molecule has 0 N–H and O–H groups in total. The highest BCUT2D eigenvalue weighted by atomic mass is 16.7. The summed E-state index contributed by atoms with van der Waals surface area (Å²) in [4.78, 5) is 12.5. The number of hydrogen-bond acceptors (Lipinski definition) is 3. The highest BCUT2D eigenvalue weighted by Gasteiger charge is 2.59. The van der Waals surface area contributed by atoms with E-state index in [0.717, 1.165) is 60.3 Å². The van der Waals surface area contributed by atoms with Gasteiger partial charge in [0.2, 0.25) is 0 Å². The standard InChI is InChI=1S/C35H52O3/c1-23(2)9-7-11-25(4)30-15-16-31-29-14-13-26-22-28(38-33(36)37-27-12-8-10-24(3)21-27)17-19-34(26,5)32(29)18-20-35(30,31)6/h8,10,12-13,21,23,25,28-32H,7,9,11,14-20,22H2,1-6H3/t25-,28-,29+,30-,31+,32+,34-,35+/m0/s1. The summed E-state index contributed by atoms with van der Waals surface area (Å²) in [5, 5.41) is 0. The number of benzene rings is 1. The molecule has 4 aliphatic carbocycles. The molecule has 0 heterocycles. The fraction of sp³-hybridized carbons (Fsp3) is 0.743. The Hall–Kier alpha value is -1.77. The number of hydrogen-bond donors (Lipinski definition) is 0. The minimum absolute atomic E-state index is 0.0698. The molecule has 3 heteroatoms. The van der Waals surface area contributed by atoms with Crippen LogP contribution in [-0.4, -0.2) is 12.3 Å². The number of carbonyl (C=O) groups excluding carboxylic acids is 1. The van der Waals surface area contributed by atoms with Crippen LogP contribution in [0.1, 0.15) is 111 Å². The smallest absolute Gasteiger partial charge is 0.430 e. The maximum Gasteiger partial charge on any atom is 0.514 e. The predicted molar refractivity (Wildman–Crippen MR) is 155 cm³/mol. The lowest BCUT2D eigenvalue weighted by molar-refractivity contribution is -0.0597. The first kappa shape index (κ1) is 27.8. The first-order valence-electron chi connectivity index (χ1n) is 15.7. The van der Waals surface area contributed by atoms with Crippen molar-refractivity contribution >= 4 is 6.16 Å². The number of rotatable bonds is 7. The molecule has 1 aromatic rings. The van der Waals surface area contributed by atoms with Gasteiger partial charge in [0, 0.05) is 6.42 Å². The number of aryl methyl sites for hydroxylation is 1. The van der Waals surface area contributed by atoms with Gasteiger partial charge in [-0.15, -0.1) is 0 Å². The molecule has 0 aromatic heterocycles. The van der Waals surface area contributed by atoms with Crippen LogP contribution in [0.25, 0.3) is 0 Å². The fourth-order valence-electron chi connectivity index (χ4n) is 9.69. The normalized spacial score (nSPS) is 37.0. The van der Waals surface area contributed by atoms with Crippen molar-refractivity contribution in [3.63, 3.8) is 0 Å². The highest BCUT2D eigenvalue weighted by molar-refractivity contribution is 5.64. The van der Waals surface area contributed by atoms with Crippen molar-refractivity contribution in [3.05, 3.63) is 41.5 Å². The van der Waals surface area contributed by atoms with Gasteiger partial charge in [-0.25, -0.2) is 4.79 Å². The summed E-state index contributed by atoms with van der Waals surface area (Å²) < 4.78 is 11.3. The topological polar surface area (TPSA) is 35.5 Å². The van der Waals surface area contributed by atoms with E-state index in [0.29, 0.717) is 11.2 Å². The van der Waals surface area contributed by atoms with Crippen LogP contribution in [0.3, 0.4) is 0 Å². The minimum Gasteiger partial charge on any atom is -0.430 e. The van der Waals surface area contributed by atoms with Crippen LogP contribution < -0.4 is 4.74 Å². The lowest BCUT2D eigenvalue weighted by Gasteiger charge is -2.58. The van der Waals surface area contributed by atoms with Crippen LogP contribution in [0.15, 0.2) is 35.9 Å². The van der Waals surface area contributed by atoms with Gasteiger partial charge < -0.3 is 9.47 Å². The summed E-state index contributed by atoms with van der Waals surface area (Å²) >= 11 is 0. The Morgan fingerprint density at radius 1 is 1.03 bits per heavy atom. The van der Waals surface area contributed by atoms with Gasteiger partial charge in [-0.05, 0) is 116 Å². The summed E-state index contributed by atoms with van der Waals surface area (Å²) in [6, 6.07) is 7.59. The van der Waals surface area contributed by atoms with Crippen LogP contribution in [0, 0.1) is 53.3 Å². The van der Waals surface area contributed by atoms with E-state index < -0.39 is 6.16 Å². The van der Waals surface area contributed by atoms with E-state index >= 15 is 0 Å². The molecule has 0 spiro atoms. The largest absolute Gasteiger partial charge is 0.514 e. The Bertz CT molecular complexity index is 1030. The fourth-order valence-corrected chi connectivity index (χ4v) is 9.69. The molecule has 210 valence electrons. The van der Waals surface area contributed by atoms with Gasteiger partial charge in [0.05, 0.1) is 0 Å². The molecule has 3 saturated carbocycles. The summed E-state index contributed by atoms with van der Waals surface area (Å²) in [7, 11) is 0. The van der Waals surface area contributed by atoms with Crippen molar-refractivity contribution in [1.29, 1.82) is 0 Å². The Labute approximate surface area is 232 Å². The molecular formula is C35H52O3. The first-order valence-corrected chi connectivity index (χ1v) is 15.7. The van der Waals surface area contributed by atoms with E-state index in [1.165, 1.54) is 51.4 Å². The van der Waals surface area contributed by atoms with Crippen LogP contribution in [0.2, 0.25) is 0 Å². The molecule has 0 aliphatic heterocycles. The van der Waals surface area contributed by atoms with Crippen molar-refractivity contribution in [2.75, 3.05) is 0 Å². The monoisotopic (exact) mass is 520 g/mol. The van der Waals surface area contributed by atoms with Gasteiger partial charge in [-0.3, -0.25) is 0 Å². The van der Waals surface area contributed by atoms with Crippen LogP contribution in [0.5, 0.6) is 5.75 Å². The molecule has 8 atom stereocenters. The Morgan fingerprint density at radius 3 is 2.61 bits per heavy atom. The van der Waals surface area contributed by atoms with Crippen molar-refractivity contribution in [1.82, 2.24) is 0 Å². The van der Waals surface area contributed by atoms with E-state index in [-0.39, 0.29) is 11.5 Å². The summed E-state index contributed by atoms with van der Waals surface area (Å²) in [6.07, 6.45) is 16.0. The zero-order valence-electron chi connectivity index (χ0n) is 24.9. The molecular weight excluding hydrogens is 468 g/mol. The van der Waals surface area contributed by atoms with E-state index in [4.69, 9.17) is 9.47 Å². The molecule has 0 saturated heterocycles. The van der Waals surface area contributed by atoms with Crippen molar-refractivity contribution < 1.29 is 14.3 Å². The lowest BCUT2D eigenvalue weighted by Crippen LogP contribution is -2.51. The molecule has 0 unspecified atom stereocenters. The number of allylic oxidation sites excluding steroid dienone is 1. The van der Waals surface area contributed by atoms with Gasteiger partial charge >= 0.3 is 6.16 Å². The van der Waals surface area contributed by atoms with Crippen LogP contribution in [-0.2, 0) is 4.74 Å². The SMILES string of the molecule is Cc1cccc(OC(=O)O[C@H]2CC[C@@]3(C)C(=CC[C@@H]4[C@H]5CC[C@@H]([C@@H](C)CCCC(C)C)[C@@]5(C)CC[C@H]43)C2)c1. The van der Waals surface area contributed by atoms with E-state index in [2.05, 4.69) is 40.7 Å². The molecule has 1 aromatic carbocycles. The molecule has 3 fully saturated rings. The van der Waals surface area contributed by atoms with Crippen molar-refractivity contribution in [2.24, 2.45) is 46.3 Å². The Balaban J connectivity index is 1.22. The van der Waals surface area contributed by atoms with E-state index in [9.17, 15) is 4.79 Å². The third-order valence-electron chi connectivity index (χ3n) is 11.7. The van der Waals surface area contributed by atoms with Crippen LogP contribution >= 0.6 is 0 Å². The van der Waals surface area contributed by atoms with E-state index in [1.807, 2.05) is 31.2 Å². The molecule has 0 bridgehead atoms. The quantitative estimate of drug-likeness (QED) is 0.204. The van der Waals surface area contributed by atoms with Crippen molar-refractivity contribution in [3.8, 4) is 5.75 Å². The second-order valence-electron chi connectivity index (χ2n) is 14.4. The highest BCUT2D eigenvalue weighted by Crippen LogP contribution is 2.67. The first-order chi connectivity index (χ1) is 18.1. The molecule has 4 aliphatic rings. The second-order valence-corrected chi connectivity index (χ2v) is 14.4. The Morgan fingerprint density at radius 2 is 1.84 bits per heavy atom. The molecule has 0 radical (unpaired) electrons. The maximum absolute atomic E-state index is 12.5. The average molecular weight is 521 g/mol. The third-order valence-corrected chi connectivity index (χ3v) is 11.7. The predicted octanol–water partition coefficient (Wildman–Crippen LogP) is 9.92. The molecule has 0 amide bonds. The van der Waals surface area contributed by atoms with E-state index in [1.54, 1.807) is 5.57 Å². The van der Waals surface area contributed by atoms with Crippen molar-refractivity contribution in [2.45, 2.75) is 118 Å². The summed E-state index contributed by atoms with van der Waals surface area (Å²) in [5.74, 6) is 5.65. The minimum atomic E-state index is -0.563. The molecule has 3 nitrogen and oxygen atoms in total. The summed E-state index contributed by atoms with van der Waals surface area (Å²) in [5.41, 5.74) is 3.42. The van der Waals surface area contributed by atoms with Gasteiger partial charge in [0.25, 0.3) is 0 Å². The zero-order chi connectivity index (χ0) is 27.1. The number of carbonyl (C=O) groups is 1. The second kappa shape index (κ2) is 11.0. The van der Waals surface area contributed by atoms with Gasteiger partial charge in [0.1, 0.15) is 11.9 Å². The lowest BCUT2D eigenvalue weighted by atomic mass is 9.47. The number of ether oxygens (including phenoxy) is 2. The Kier molecular flexibility index (Phi) is 8.05. The zero-order valence-corrected chi connectivity index (χ0v) is 24.9. The maximum atomic E-state index is 12.5. The molecule has 5 rings (SSSR count). The molecule has 38 heavy (non-hydrogen) atoms.